The summed E-state index contributed by atoms with van der Waals surface area (Å²) < 4.78 is 4.84. The fourth-order valence-corrected chi connectivity index (χ4v) is 1.60. The smallest absolute Gasteiger partial charge is 0.339 e. The van der Waals surface area contributed by atoms with Crippen molar-refractivity contribution >= 4 is 34.9 Å². The van der Waals surface area contributed by atoms with E-state index in [1.54, 1.807) is 0 Å². The van der Waals surface area contributed by atoms with E-state index < -0.39 is 16.6 Å². The summed E-state index contributed by atoms with van der Waals surface area (Å²) in [5, 5.41) is 10.5. The van der Waals surface area contributed by atoms with Crippen molar-refractivity contribution in [1.82, 2.24) is 0 Å². The van der Waals surface area contributed by atoms with Gasteiger partial charge in [0.1, 0.15) is 5.02 Å². The highest BCUT2D eigenvalue weighted by Crippen LogP contribution is 2.32. The first-order valence-electron chi connectivity index (χ1n) is 4.78. The molecule has 0 spiro atoms. The van der Waals surface area contributed by atoms with Gasteiger partial charge >= 0.3 is 5.97 Å². The van der Waals surface area contributed by atoms with Crippen LogP contribution in [0.1, 0.15) is 23.7 Å². The Morgan fingerprint density at radius 1 is 1.47 bits per heavy atom. The van der Waals surface area contributed by atoms with E-state index in [1.807, 2.05) is 6.92 Å². The highest BCUT2D eigenvalue weighted by Gasteiger charge is 2.22. The summed E-state index contributed by atoms with van der Waals surface area (Å²) in [4.78, 5) is 21.5. The summed E-state index contributed by atoms with van der Waals surface area (Å²) in [5.41, 5.74) is -0.512. The minimum Gasteiger partial charge on any atom is -0.462 e. The number of halogens is 2. The molecule has 7 heteroatoms. The molecule has 17 heavy (non-hydrogen) atoms. The number of rotatable bonds is 4. The number of hydrogen-bond acceptors (Lipinski definition) is 4. The summed E-state index contributed by atoms with van der Waals surface area (Å²) in [6.07, 6.45) is 0.645. The molecule has 0 aliphatic heterocycles. The van der Waals surface area contributed by atoms with Crippen LogP contribution in [0.2, 0.25) is 10.0 Å². The second-order valence-corrected chi connectivity index (χ2v) is 3.99. The first-order valence-corrected chi connectivity index (χ1v) is 5.53. The van der Waals surface area contributed by atoms with Crippen LogP contribution in [0.25, 0.3) is 0 Å². The van der Waals surface area contributed by atoms with E-state index in [1.165, 1.54) is 6.07 Å². The molecular weight excluding hydrogens is 269 g/mol. The van der Waals surface area contributed by atoms with Gasteiger partial charge in [-0.2, -0.15) is 0 Å². The van der Waals surface area contributed by atoms with Crippen molar-refractivity contribution in [2.24, 2.45) is 0 Å². The standard InChI is InChI=1S/C10H9Cl2NO4/c1-2-3-17-10(14)7-4-6(11)5-8(9(7)12)13(15)16/h4-5H,2-3H2,1H3. The third kappa shape index (κ3) is 3.31. The quantitative estimate of drug-likeness (QED) is 0.480. The van der Waals surface area contributed by atoms with Crippen LogP contribution in [0.15, 0.2) is 12.1 Å². The molecule has 0 aliphatic rings. The van der Waals surface area contributed by atoms with Gasteiger partial charge in [0, 0.05) is 11.1 Å². The predicted molar refractivity (Wildman–Crippen MR) is 63.7 cm³/mol. The molecule has 0 bridgehead atoms. The SMILES string of the molecule is CCCOC(=O)c1cc(Cl)cc([N+](=O)[O-])c1Cl. The van der Waals surface area contributed by atoms with Gasteiger partial charge in [-0.1, -0.05) is 30.1 Å². The number of nitrogens with zero attached hydrogens (tertiary/aromatic N) is 1. The highest BCUT2D eigenvalue weighted by molar-refractivity contribution is 6.37. The lowest BCUT2D eigenvalue weighted by atomic mass is 10.2. The fraction of sp³-hybridized carbons (Fsp3) is 0.300. The second kappa shape index (κ2) is 5.84. The van der Waals surface area contributed by atoms with Gasteiger partial charge in [0.15, 0.2) is 0 Å². The Balaban J connectivity index is 3.15. The van der Waals surface area contributed by atoms with Crippen LogP contribution >= 0.6 is 23.2 Å². The van der Waals surface area contributed by atoms with Crippen molar-refractivity contribution in [3.8, 4) is 0 Å². The Morgan fingerprint density at radius 2 is 2.12 bits per heavy atom. The molecule has 0 radical (unpaired) electrons. The monoisotopic (exact) mass is 277 g/mol. The zero-order valence-electron chi connectivity index (χ0n) is 8.91. The minimum atomic E-state index is -0.720. The Hall–Kier alpha value is -1.33. The number of carbonyl (C=O) groups excluding carboxylic acids is 1. The molecule has 0 aliphatic carbocycles. The molecule has 0 saturated heterocycles. The molecule has 5 nitrogen and oxygen atoms in total. The molecule has 0 fully saturated rings. The summed E-state index contributed by atoms with van der Waals surface area (Å²) in [5.74, 6) is -0.720. The molecule has 0 saturated carbocycles. The summed E-state index contributed by atoms with van der Waals surface area (Å²) in [6.45, 7) is 2.05. The third-order valence-corrected chi connectivity index (χ3v) is 2.49. The highest BCUT2D eigenvalue weighted by atomic mass is 35.5. The number of nitro benzene ring substituents is 1. The van der Waals surface area contributed by atoms with Crippen LogP contribution in [-0.2, 0) is 4.74 Å². The fourth-order valence-electron chi connectivity index (χ4n) is 1.13. The van der Waals surface area contributed by atoms with Gasteiger partial charge in [0.2, 0.25) is 0 Å². The lowest BCUT2D eigenvalue weighted by Gasteiger charge is -2.05. The van der Waals surface area contributed by atoms with Gasteiger partial charge in [-0.05, 0) is 12.5 Å². The average Bonchev–Trinajstić information content (AvgIpc) is 2.28. The third-order valence-electron chi connectivity index (χ3n) is 1.87. The number of benzene rings is 1. The van der Waals surface area contributed by atoms with E-state index >= 15 is 0 Å². The number of ether oxygens (including phenoxy) is 1. The Labute approximate surface area is 107 Å². The summed E-state index contributed by atoms with van der Waals surface area (Å²) in [7, 11) is 0. The first kappa shape index (κ1) is 13.7. The molecule has 1 aromatic rings. The normalized spacial score (nSPS) is 10.1. The van der Waals surface area contributed by atoms with Crippen molar-refractivity contribution in [3.63, 3.8) is 0 Å². The van der Waals surface area contributed by atoms with E-state index in [9.17, 15) is 14.9 Å². The average molecular weight is 278 g/mol. The van der Waals surface area contributed by atoms with Crippen LogP contribution in [-0.4, -0.2) is 17.5 Å². The van der Waals surface area contributed by atoms with Gasteiger partial charge in [-0.25, -0.2) is 4.79 Å². The Morgan fingerprint density at radius 3 is 2.65 bits per heavy atom. The molecule has 0 unspecified atom stereocenters. The lowest BCUT2D eigenvalue weighted by molar-refractivity contribution is -0.384. The van der Waals surface area contributed by atoms with Gasteiger partial charge in [0.05, 0.1) is 17.1 Å². The van der Waals surface area contributed by atoms with Gasteiger partial charge in [-0.15, -0.1) is 0 Å². The van der Waals surface area contributed by atoms with Crippen LogP contribution in [0.5, 0.6) is 0 Å². The number of hydrogen-bond donors (Lipinski definition) is 0. The minimum absolute atomic E-state index is 0.0598. The van der Waals surface area contributed by atoms with Crippen molar-refractivity contribution in [3.05, 3.63) is 37.9 Å². The molecular formula is C10H9Cl2NO4. The molecule has 0 heterocycles. The van der Waals surface area contributed by atoms with Crippen molar-refractivity contribution in [2.75, 3.05) is 6.61 Å². The van der Waals surface area contributed by atoms with Crippen molar-refractivity contribution in [2.45, 2.75) is 13.3 Å². The van der Waals surface area contributed by atoms with Crippen LogP contribution < -0.4 is 0 Å². The maximum atomic E-state index is 11.6. The lowest BCUT2D eigenvalue weighted by Crippen LogP contribution is -2.07. The second-order valence-electron chi connectivity index (χ2n) is 3.18. The predicted octanol–water partition coefficient (Wildman–Crippen LogP) is 3.47. The van der Waals surface area contributed by atoms with Crippen LogP contribution in [0.3, 0.4) is 0 Å². The summed E-state index contributed by atoms with van der Waals surface area (Å²) >= 11 is 11.4. The van der Waals surface area contributed by atoms with Crippen molar-refractivity contribution in [1.29, 1.82) is 0 Å². The number of esters is 1. The molecule has 1 rings (SSSR count). The molecule has 0 amide bonds. The van der Waals surface area contributed by atoms with Gasteiger partial charge in [-0.3, -0.25) is 10.1 Å². The maximum absolute atomic E-state index is 11.6. The molecule has 1 aromatic carbocycles. The van der Waals surface area contributed by atoms with Crippen LogP contribution in [0, 0.1) is 10.1 Å². The van der Waals surface area contributed by atoms with E-state index in [0.717, 1.165) is 6.07 Å². The maximum Gasteiger partial charge on any atom is 0.339 e. The van der Waals surface area contributed by atoms with E-state index in [2.05, 4.69) is 0 Å². The van der Waals surface area contributed by atoms with Crippen molar-refractivity contribution < 1.29 is 14.5 Å². The molecule has 92 valence electrons. The van der Waals surface area contributed by atoms with E-state index in [-0.39, 0.29) is 22.2 Å². The van der Waals surface area contributed by atoms with Gasteiger partial charge < -0.3 is 4.74 Å². The van der Waals surface area contributed by atoms with Gasteiger partial charge in [0.25, 0.3) is 5.69 Å². The molecule has 0 N–H and O–H groups in total. The zero-order valence-corrected chi connectivity index (χ0v) is 10.4. The topological polar surface area (TPSA) is 69.4 Å². The van der Waals surface area contributed by atoms with E-state index in [0.29, 0.717) is 6.42 Å². The summed E-state index contributed by atoms with van der Waals surface area (Å²) in [6, 6.07) is 2.33. The Kier molecular flexibility index (Phi) is 4.72. The number of nitro groups is 1. The van der Waals surface area contributed by atoms with E-state index in [4.69, 9.17) is 27.9 Å². The zero-order chi connectivity index (χ0) is 13.0. The number of carbonyl (C=O) groups is 1. The molecule has 0 atom stereocenters. The van der Waals surface area contributed by atoms with Crippen LogP contribution in [0.4, 0.5) is 5.69 Å². The Bertz CT molecular complexity index is 462. The largest absolute Gasteiger partial charge is 0.462 e. The molecule has 0 aromatic heterocycles. The first-order chi connectivity index (χ1) is 7.97.